The van der Waals surface area contributed by atoms with E-state index in [1.165, 1.54) is 23.9 Å². The first-order chi connectivity index (χ1) is 12.2. The van der Waals surface area contributed by atoms with Crippen molar-refractivity contribution in [3.63, 3.8) is 0 Å². The van der Waals surface area contributed by atoms with Crippen LogP contribution in [0.5, 0.6) is 0 Å². The molecule has 0 radical (unpaired) electrons. The summed E-state index contributed by atoms with van der Waals surface area (Å²) in [4.78, 5) is 15.2. The zero-order valence-corrected chi connectivity index (χ0v) is 15.0. The number of benzene rings is 1. The molecule has 0 aliphatic carbocycles. The summed E-state index contributed by atoms with van der Waals surface area (Å²) in [6, 6.07) is 10.1. The van der Waals surface area contributed by atoms with Crippen LogP contribution in [0, 0.1) is 5.82 Å². The van der Waals surface area contributed by atoms with Gasteiger partial charge in [0.05, 0.1) is 11.5 Å². The summed E-state index contributed by atoms with van der Waals surface area (Å²) in [5, 5.41) is 10.5. The molecule has 1 unspecified atom stereocenters. The Kier molecular flexibility index (Phi) is 5.78. The van der Waals surface area contributed by atoms with Crippen LogP contribution < -0.4 is 0 Å². The number of carbonyl (C=O) groups excluding carboxylic acids is 1. The molecule has 1 aliphatic heterocycles. The Labute approximate surface area is 153 Å². The molecule has 1 aliphatic rings. The van der Waals surface area contributed by atoms with Crippen molar-refractivity contribution in [3.05, 3.63) is 70.7 Å². The number of amidine groups is 1. The molecule has 2 heterocycles. The molecule has 1 saturated heterocycles. The molecule has 1 aromatic heterocycles. The van der Waals surface area contributed by atoms with E-state index in [0.29, 0.717) is 18.1 Å². The van der Waals surface area contributed by atoms with Gasteiger partial charge in [0, 0.05) is 11.4 Å². The van der Waals surface area contributed by atoms with E-state index in [0.717, 1.165) is 10.4 Å². The van der Waals surface area contributed by atoms with E-state index in [2.05, 4.69) is 16.8 Å². The third kappa shape index (κ3) is 4.43. The molecule has 0 spiro atoms. The zero-order chi connectivity index (χ0) is 17.6. The van der Waals surface area contributed by atoms with Crippen molar-refractivity contribution < 1.29 is 9.18 Å². The number of hydrogen-bond donors (Lipinski definition) is 0. The van der Waals surface area contributed by atoms with Crippen LogP contribution in [0.4, 0.5) is 4.39 Å². The van der Waals surface area contributed by atoms with Gasteiger partial charge >= 0.3 is 0 Å². The van der Waals surface area contributed by atoms with E-state index in [-0.39, 0.29) is 17.0 Å². The lowest BCUT2D eigenvalue weighted by Crippen LogP contribution is -2.32. The topological polar surface area (TPSA) is 45.0 Å². The third-order valence-corrected chi connectivity index (χ3v) is 5.51. The second kappa shape index (κ2) is 8.22. The Morgan fingerprint density at radius 3 is 2.76 bits per heavy atom. The van der Waals surface area contributed by atoms with Crippen LogP contribution in [-0.2, 0) is 11.2 Å². The summed E-state index contributed by atoms with van der Waals surface area (Å²) in [6.45, 7) is 4.08. The second-order valence-electron chi connectivity index (χ2n) is 5.32. The van der Waals surface area contributed by atoms with Gasteiger partial charge in [0.25, 0.3) is 0 Å². The van der Waals surface area contributed by atoms with E-state index >= 15 is 0 Å². The van der Waals surface area contributed by atoms with Crippen molar-refractivity contribution in [3.8, 4) is 0 Å². The first kappa shape index (κ1) is 17.6. The number of thiophene rings is 1. The second-order valence-corrected chi connectivity index (χ2v) is 7.47. The molecule has 128 valence electrons. The monoisotopic (exact) mass is 373 g/mol. The molecule has 0 N–H and O–H groups in total. The lowest BCUT2D eigenvalue weighted by molar-refractivity contribution is -0.125. The molecule has 7 heteroatoms. The van der Waals surface area contributed by atoms with Crippen LogP contribution in [0.2, 0.25) is 0 Å². The maximum absolute atomic E-state index is 13.0. The van der Waals surface area contributed by atoms with Crippen molar-refractivity contribution in [2.75, 3.05) is 6.54 Å². The smallest absolute Gasteiger partial charge is 0.242 e. The van der Waals surface area contributed by atoms with Gasteiger partial charge in [-0.25, -0.2) is 4.39 Å². The Balaban J connectivity index is 1.74. The average molecular weight is 373 g/mol. The minimum Gasteiger partial charge on any atom is -0.285 e. The van der Waals surface area contributed by atoms with E-state index in [1.807, 2.05) is 17.5 Å². The van der Waals surface area contributed by atoms with Gasteiger partial charge in [-0.3, -0.25) is 9.69 Å². The van der Waals surface area contributed by atoms with Crippen molar-refractivity contribution >= 4 is 40.4 Å². The summed E-state index contributed by atoms with van der Waals surface area (Å²) >= 11 is 2.95. The van der Waals surface area contributed by atoms with Crippen LogP contribution in [0.3, 0.4) is 0 Å². The van der Waals surface area contributed by atoms with Gasteiger partial charge in [0.2, 0.25) is 5.91 Å². The maximum Gasteiger partial charge on any atom is 0.242 e. The molecular formula is C18H16FN3OS2. The highest BCUT2D eigenvalue weighted by molar-refractivity contribution is 8.15. The van der Waals surface area contributed by atoms with Gasteiger partial charge in [0.15, 0.2) is 5.17 Å². The average Bonchev–Trinajstić information content (AvgIpc) is 3.21. The molecule has 2 aromatic rings. The first-order valence-electron chi connectivity index (χ1n) is 7.65. The minimum atomic E-state index is -0.291. The highest BCUT2D eigenvalue weighted by atomic mass is 32.2. The van der Waals surface area contributed by atoms with Gasteiger partial charge in [-0.2, -0.15) is 5.10 Å². The van der Waals surface area contributed by atoms with Gasteiger partial charge in [-0.15, -0.1) is 23.0 Å². The first-order valence-corrected chi connectivity index (χ1v) is 9.41. The van der Waals surface area contributed by atoms with E-state index in [1.54, 1.807) is 40.7 Å². The third-order valence-electron chi connectivity index (χ3n) is 3.54. The van der Waals surface area contributed by atoms with Gasteiger partial charge < -0.3 is 0 Å². The zero-order valence-electron chi connectivity index (χ0n) is 13.3. The van der Waals surface area contributed by atoms with Crippen LogP contribution in [0.15, 0.2) is 64.6 Å². The van der Waals surface area contributed by atoms with Crippen LogP contribution >= 0.6 is 23.1 Å². The molecule has 25 heavy (non-hydrogen) atoms. The normalized spacial score (nSPS) is 19.2. The number of carbonyl (C=O) groups is 1. The highest BCUT2D eigenvalue weighted by Crippen LogP contribution is 2.30. The maximum atomic E-state index is 13.0. The Hall–Kier alpha value is -2.25. The largest absolute Gasteiger partial charge is 0.285 e. The molecule has 1 fully saturated rings. The molecule has 4 nitrogen and oxygen atoms in total. The van der Waals surface area contributed by atoms with Crippen molar-refractivity contribution in [1.29, 1.82) is 0 Å². The summed E-state index contributed by atoms with van der Waals surface area (Å²) in [5.74, 6) is -0.313. The number of amides is 1. The molecule has 3 rings (SSSR count). The lowest BCUT2D eigenvalue weighted by atomic mass is 10.1. The van der Waals surface area contributed by atoms with Gasteiger partial charge in [-0.05, 0) is 35.6 Å². The SMILES string of the molecule is C=CCN1C(=O)C(Cc2ccc(F)cc2)S/C1=N\N=C\c1cccs1. The number of nitrogens with zero attached hydrogens (tertiary/aromatic N) is 3. The van der Waals surface area contributed by atoms with Crippen molar-refractivity contribution in [2.24, 2.45) is 10.2 Å². The molecular weight excluding hydrogens is 357 g/mol. The highest BCUT2D eigenvalue weighted by Gasteiger charge is 2.37. The number of hydrogen-bond acceptors (Lipinski definition) is 5. The van der Waals surface area contributed by atoms with Gasteiger partial charge in [0.1, 0.15) is 5.82 Å². The molecule has 1 aromatic carbocycles. The Bertz CT molecular complexity index is 800. The fourth-order valence-electron chi connectivity index (χ4n) is 2.35. The van der Waals surface area contributed by atoms with E-state index in [4.69, 9.17) is 0 Å². The summed E-state index contributed by atoms with van der Waals surface area (Å²) in [6.07, 6.45) is 3.85. The molecule has 1 amide bonds. The fourth-order valence-corrected chi connectivity index (χ4v) is 4.07. The summed E-state index contributed by atoms with van der Waals surface area (Å²) in [5.41, 5.74) is 0.911. The molecule has 1 atom stereocenters. The van der Waals surface area contributed by atoms with Gasteiger partial charge in [-0.1, -0.05) is 36.0 Å². The summed E-state index contributed by atoms with van der Waals surface area (Å²) in [7, 11) is 0. The Morgan fingerprint density at radius 1 is 1.28 bits per heavy atom. The predicted octanol–water partition coefficient (Wildman–Crippen LogP) is 3.95. The predicted molar refractivity (Wildman–Crippen MR) is 103 cm³/mol. The van der Waals surface area contributed by atoms with Crippen molar-refractivity contribution in [1.82, 2.24) is 4.90 Å². The molecule has 0 saturated carbocycles. The van der Waals surface area contributed by atoms with E-state index < -0.39 is 0 Å². The number of halogens is 1. The van der Waals surface area contributed by atoms with Crippen molar-refractivity contribution in [2.45, 2.75) is 11.7 Å². The van der Waals surface area contributed by atoms with Crippen LogP contribution in [-0.4, -0.2) is 34.0 Å². The number of thioether (sulfide) groups is 1. The summed E-state index contributed by atoms with van der Waals surface area (Å²) < 4.78 is 13.0. The fraction of sp³-hybridized carbons (Fsp3) is 0.167. The van der Waals surface area contributed by atoms with Crippen LogP contribution in [0.25, 0.3) is 0 Å². The lowest BCUT2D eigenvalue weighted by Gasteiger charge is -2.12. The standard InChI is InChI=1S/C18H16FN3OS2/c1-2-9-22-17(23)16(11-13-5-7-14(19)8-6-13)25-18(22)21-20-12-15-4-3-10-24-15/h2-8,10,12,16H,1,9,11H2/b20-12+,21-18-. The quantitative estimate of drug-likeness (QED) is 0.437. The molecule has 0 bridgehead atoms. The van der Waals surface area contributed by atoms with E-state index in [9.17, 15) is 9.18 Å². The van der Waals surface area contributed by atoms with Crippen LogP contribution in [0.1, 0.15) is 10.4 Å². The number of rotatable bonds is 6. The minimum absolute atomic E-state index is 0.0284. The Morgan fingerprint density at radius 2 is 2.08 bits per heavy atom.